The van der Waals surface area contributed by atoms with E-state index >= 15 is 0 Å². The Morgan fingerprint density at radius 3 is 2.30 bits per heavy atom. The Labute approximate surface area is 177 Å². The zero-order valence-electron chi connectivity index (χ0n) is 17.5. The van der Waals surface area contributed by atoms with Crippen LogP contribution in [0.4, 0.5) is 5.69 Å². The molecule has 0 aliphatic rings. The number of hydrogen-bond acceptors (Lipinski definition) is 4. The van der Waals surface area contributed by atoms with Crippen LogP contribution in [-0.4, -0.2) is 33.8 Å². The van der Waals surface area contributed by atoms with Gasteiger partial charge in [-0.15, -0.1) is 0 Å². The van der Waals surface area contributed by atoms with E-state index in [2.05, 4.69) is 15.4 Å². The topological polar surface area (TPSA) is 104 Å². The van der Waals surface area contributed by atoms with Gasteiger partial charge in [0.15, 0.2) is 0 Å². The van der Waals surface area contributed by atoms with Crippen LogP contribution in [0.2, 0.25) is 0 Å². The molecule has 2 aromatic rings. The number of hydrogen-bond donors (Lipinski definition) is 3. The molecule has 0 aliphatic carbocycles. The van der Waals surface area contributed by atoms with E-state index in [0.29, 0.717) is 29.3 Å². The summed E-state index contributed by atoms with van der Waals surface area (Å²) in [4.78, 5) is 24.5. The summed E-state index contributed by atoms with van der Waals surface area (Å²) in [5.41, 5.74) is 2.61. The summed E-state index contributed by atoms with van der Waals surface area (Å²) in [6, 6.07) is 11.3. The van der Waals surface area contributed by atoms with Crippen molar-refractivity contribution in [2.45, 2.75) is 25.7 Å². The van der Waals surface area contributed by atoms with Crippen molar-refractivity contribution >= 4 is 33.6 Å². The molecule has 0 aromatic heterocycles. The zero-order valence-corrected chi connectivity index (χ0v) is 18.3. The molecule has 0 spiro atoms. The molecule has 2 rings (SSSR count). The predicted octanol–water partition coefficient (Wildman–Crippen LogP) is 2.94. The molecule has 0 saturated carbocycles. The van der Waals surface area contributed by atoms with E-state index in [-0.39, 0.29) is 16.7 Å². The largest absolute Gasteiger partial charge is 0.352 e. The van der Waals surface area contributed by atoms with Crippen LogP contribution in [0, 0.1) is 12.8 Å². The Balaban J connectivity index is 2.01. The van der Waals surface area contributed by atoms with Gasteiger partial charge in [0.2, 0.25) is 15.9 Å². The summed E-state index contributed by atoms with van der Waals surface area (Å²) in [5, 5.41) is 5.64. The van der Waals surface area contributed by atoms with E-state index in [1.54, 1.807) is 36.4 Å². The molecular formula is C22H27N3O4S. The lowest BCUT2D eigenvalue weighted by atomic mass is 10.1. The number of benzene rings is 2. The fourth-order valence-electron chi connectivity index (χ4n) is 2.57. The van der Waals surface area contributed by atoms with E-state index in [9.17, 15) is 18.0 Å². The number of carbonyl (C=O) groups is 2. The molecule has 0 bridgehead atoms. The molecule has 3 N–H and O–H groups in total. The molecule has 2 aromatic carbocycles. The van der Waals surface area contributed by atoms with Gasteiger partial charge in [-0.25, -0.2) is 13.1 Å². The van der Waals surface area contributed by atoms with Crippen molar-refractivity contribution in [2.75, 3.05) is 18.9 Å². The Morgan fingerprint density at radius 1 is 1.07 bits per heavy atom. The van der Waals surface area contributed by atoms with Gasteiger partial charge in [-0.2, -0.15) is 0 Å². The number of aryl methyl sites for hydroxylation is 1. The van der Waals surface area contributed by atoms with E-state index in [4.69, 9.17) is 0 Å². The van der Waals surface area contributed by atoms with Gasteiger partial charge in [0.25, 0.3) is 5.91 Å². The van der Waals surface area contributed by atoms with Crippen molar-refractivity contribution in [3.8, 4) is 0 Å². The highest BCUT2D eigenvalue weighted by molar-refractivity contribution is 7.89. The van der Waals surface area contributed by atoms with Gasteiger partial charge in [0.05, 0.1) is 4.90 Å². The quantitative estimate of drug-likeness (QED) is 0.561. The minimum absolute atomic E-state index is 0.145. The molecule has 160 valence electrons. The fraction of sp³-hybridized carbons (Fsp3) is 0.273. The molecule has 0 aliphatic heterocycles. The Morgan fingerprint density at radius 2 is 1.73 bits per heavy atom. The van der Waals surface area contributed by atoms with Crippen LogP contribution in [0.15, 0.2) is 53.4 Å². The van der Waals surface area contributed by atoms with Crippen molar-refractivity contribution < 1.29 is 18.0 Å². The molecule has 2 amide bonds. The van der Waals surface area contributed by atoms with Gasteiger partial charge in [-0.05, 0) is 67.4 Å². The lowest BCUT2D eigenvalue weighted by Gasteiger charge is -2.11. The summed E-state index contributed by atoms with van der Waals surface area (Å²) in [6.07, 6.45) is 2.96. The molecule has 8 heteroatoms. The first-order chi connectivity index (χ1) is 14.1. The Hall–Kier alpha value is -2.97. The third-order valence-corrected chi connectivity index (χ3v) is 5.73. The van der Waals surface area contributed by atoms with Crippen LogP contribution in [0.3, 0.4) is 0 Å². The van der Waals surface area contributed by atoms with Crippen LogP contribution >= 0.6 is 0 Å². The van der Waals surface area contributed by atoms with E-state index in [1.807, 2.05) is 20.8 Å². The van der Waals surface area contributed by atoms with Crippen LogP contribution in [0.25, 0.3) is 6.08 Å². The second-order valence-electron chi connectivity index (χ2n) is 7.23. The minimum Gasteiger partial charge on any atom is -0.352 e. The standard InChI is InChI=1S/C22H27N3O4S/c1-15(2)14-24-22(27)18-8-11-20(16(3)13-18)25-21(26)12-7-17-5-9-19(10-6-17)30(28,29)23-4/h5-13,15,23H,14H2,1-4H3,(H,24,27)(H,25,26)/b12-7+. The first-order valence-corrected chi connectivity index (χ1v) is 11.0. The molecule has 0 unspecified atom stereocenters. The SMILES string of the molecule is CNS(=O)(=O)c1ccc(/C=C/C(=O)Nc2ccc(C(=O)NCC(C)C)cc2C)cc1. The maximum absolute atomic E-state index is 12.2. The van der Waals surface area contributed by atoms with Crippen LogP contribution in [0.5, 0.6) is 0 Å². The van der Waals surface area contributed by atoms with Gasteiger partial charge in [0, 0.05) is 23.9 Å². The van der Waals surface area contributed by atoms with Crippen LogP contribution in [-0.2, 0) is 14.8 Å². The number of carbonyl (C=O) groups excluding carboxylic acids is 2. The number of nitrogens with one attached hydrogen (secondary N) is 3. The first kappa shape index (κ1) is 23.3. The predicted molar refractivity (Wildman–Crippen MR) is 119 cm³/mol. The van der Waals surface area contributed by atoms with Crippen molar-refractivity contribution in [2.24, 2.45) is 5.92 Å². The first-order valence-electron chi connectivity index (χ1n) is 9.54. The third-order valence-electron chi connectivity index (χ3n) is 4.30. The van der Waals surface area contributed by atoms with Gasteiger partial charge >= 0.3 is 0 Å². The van der Waals surface area contributed by atoms with Crippen molar-refractivity contribution in [1.82, 2.24) is 10.0 Å². The summed E-state index contributed by atoms with van der Waals surface area (Å²) in [5.74, 6) is -0.111. The lowest BCUT2D eigenvalue weighted by Crippen LogP contribution is -2.27. The Bertz CT molecular complexity index is 1040. The Kier molecular flexibility index (Phi) is 7.91. The highest BCUT2D eigenvalue weighted by atomic mass is 32.2. The maximum atomic E-state index is 12.2. The van der Waals surface area contributed by atoms with Gasteiger partial charge in [-0.1, -0.05) is 26.0 Å². The van der Waals surface area contributed by atoms with Crippen molar-refractivity contribution in [3.05, 3.63) is 65.2 Å². The molecule has 0 heterocycles. The second kappa shape index (κ2) is 10.2. The van der Waals surface area contributed by atoms with Gasteiger partial charge in [-0.3, -0.25) is 9.59 Å². The summed E-state index contributed by atoms with van der Waals surface area (Å²) < 4.78 is 25.7. The monoisotopic (exact) mass is 429 g/mol. The number of amides is 2. The average Bonchev–Trinajstić information content (AvgIpc) is 2.72. The maximum Gasteiger partial charge on any atom is 0.251 e. The zero-order chi connectivity index (χ0) is 22.3. The van der Waals surface area contributed by atoms with Gasteiger partial charge < -0.3 is 10.6 Å². The molecule has 0 fully saturated rings. The molecule has 0 atom stereocenters. The highest BCUT2D eigenvalue weighted by Gasteiger charge is 2.11. The molecular weight excluding hydrogens is 402 g/mol. The third kappa shape index (κ3) is 6.53. The van der Waals surface area contributed by atoms with E-state index < -0.39 is 10.0 Å². The second-order valence-corrected chi connectivity index (χ2v) is 9.12. The molecule has 0 saturated heterocycles. The van der Waals surface area contributed by atoms with E-state index in [1.165, 1.54) is 25.3 Å². The number of sulfonamides is 1. The smallest absolute Gasteiger partial charge is 0.251 e. The number of rotatable bonds is 8. The van der Waals surface area contributed by atoms with Gasteiger partial charge in [0.1, 0.15) is 0 Å². The average molecular weight is 430 g/mol. The van der Waals surface area contributed by atoms with Crippen LogP contribution < -0.4 is 15.4 Å². The van der Waals surface area contributed by atoms with Crippen molar-refractivity contribution in [3.63, 3.8) is 0 Å². The van der Waals surface area contributed by atoms with Crippen molar-refractivity contribution in [1.29, 1.82) is 0 Å². The number of anilines is 1. The fourth-order valence-corrected chi connectivity index (χ4v) is 3.30. The van der Waals surface area contributed by atoms with Crippen LogP contribution in [0.1, 0.15) is 35.3 Å². The molecule has 0 radical (unpaired) electrons. The summed E-state index contributed by atoms with van der Waals surface area (Å²) in [7, 11) is -2.14. The molecule has 30 heavy (non-hydrogen) atoms. The minimum atomic E-state index is -3.49. The van der Waals surface area contributed by atoms with E-state index in [0.717, 1.165) is 5.56 Å². The molecule has 7 nitrogen and oxygen atoms in total. The normalized spacial score (nSPS) is 11.6. The highest BCUT2D eigenvalue weighted by Crippen LogP contribution is 2.17. The summed E-state index contributed by atoms with van der Waals surface area (Å²) in [6.45, 7) is 6.47. The lowest BCUT2D eigenvalue weighted by molar-refractivity contribution is -0.111. The summed E-state index contributed by atoms with van der Waals surface area (Å²) >= 11 is 0.